The van der Waals surface area contributed by atoms with Crippen molar-refractivity contribution in [3.05, 3.63) is 16.0 Å². The fourth-order valence-electron chi connectivity index (χ4n) is 3.38. The summed E-state index contributed by atoms with van der Waals surface area (Å²) in [5.74, 6) is 0.0658. The van der Waals surface area contributed by atoms with Gasteiger partial charge < -0.3 is 5.32 Å². The maximum atomic E-state index is 12.2. The van der Waals surface area contributed by atoms with E-state index in [1.165, 1.54) is 55.4 Å². The molecule has 1 aromatic heterocycles. The van der Waals surface area contributed by atoms with E-state index in [-0.39, 0.29) is 5.91 Å². The lowest BCUT2D eigenvalue weighted by molar-refractivity contribution is -0.116. The van der Waals surface area contributed by atoms with Crippen molar-refractivity contribution >= 4 is 22.2 Å². The van der Waals surface area contributed by atoms with Crippen LogP contribution in [-0.2, 0) is 17.6 Å². The molecule has 0 saturated carbocycles. The van der Waals surface area contributed by atoms with Crippen LogP contribution >= 0.6 is 11.3 Å². The molecule has 0 atom stereocenters. The number of nitriles is 1. The van der Waals surface area contributed by atoms with Gasteiger partial charge >= 0.3 is 0 Å². The van der Waals surface area contributed by atoms with Gasteiger partial charge in [0.05, 0.1) is 5.56 Å². The highest BCUT2D eigenvalue weighted by Crippen LogP contribution is 2.37. The lowest BCUT2D eigenvalue weighted by atomic mass is 9.96. The van der Waals surface area contributed by atoms with Crippen molar-refractivity contribution in [1.82, 2.24) is 0 Å². The molecule has 24 heavy (non-hydrogen) atoms. The predicted octanol–water partition coefficient (Wildman–Crippen LogP) is 5.97. The van der Waals surface area contributed by atoms with Gasteiger partial charge in [0.15, 0.2) is 0 Å². The van der Waals surface area contributed by atoms with Crippen LogP contribution in [0.4, 0.5) is 5.00 Å². The maximum Gasteiger partial charge on any atom is 0.225 e. The first-order valence-electron chi connectivity index (χ1n) is 9.60. The van der Waals surface area contributed by atoms with Crippen molar-refractivity contribution in [1.29, 1.82) is 5.26 Å². The van der Waals surface area contributed by atoms with Crippen LogP contribution in [0.25, 0.3) is 0 Å². The second kappa shape index (κ2) is 10.5. The van der Waals surface area contributed by atoms with Crippen LogP contribution in [0, 0.1) is 11.3 Å². The molecule has 0 aliphatic heterocycles. The number of aryl methyl sites for hydroxylation is 1. The van der Waals surface area contributed by atoms with Crippen LogP contribution < -0.4 is 5.32 Å². The molecule has 1 heterocycles. The van der Waals surface area contributed by atoms with Gasteiger partial charge in [0.2, 0.25) is 5.91 Å². The zero-order valence-electron chi connectivity index (χ0n) is 15.0. The Bertz CT molecular complexity index is 571. The molecular weight excluding hydrogens is 316 g/mol. The fourth-order valence-corrected chi connectivity index (χ4v) is 4.64. The number of carbonyl (C=O) groups excluding carboxylic acids is 1. The van der Waals surface area contributed by atoms with Gasteiger partial charge in [-0.3, -0.25) is 4.79 Å². The molecule has 0 unspecified atom stereocenters. The van der Waals surface area contributed by atoms with Crippen LogP contribution in [0.1, 0.15) is 93.6 Å². The summed E-state index contributed by atoms with van der Waals surface area (Å²) in [6, 6.07) is 2.31. The van der Waals surface area contributed by atoms with E-state index in [0.717, 1.165) is 42.7 Å². The Morgan fingerprint density at radius 3 is 2.46 bits per heavy atom. The highest BCUT2D eigenvalue weighted by Gasteiger charge is 2.21. The van der Waals surface area contributed by atoms with E-state index in [9.17, 15) is 10.1 Å². The van der Waals surface area contributed by atoms with E-state index in [1.807, 2.05) is 0 Å². The molecule has 0 bridgehead atoms. The Morgan fingerprint density at radius 2 is 1.75 bits per heavy atom. The van der Waals surface area contributed by atoms with E-state index < -0.39 is 0 Å². The number of hydrogen-bond donors (Lipinski definition) is 1. The fraction of sp³-hybridized carbons (Fsp3) is 0.700. The molecule has 1 N–H and O–H groups in total. The minimum atomic E-state index is 0.0658. The lowest BCUT2D eigenvalue weighted by Crippen LogP contribution is -2.11. The number of carbonyl (C=O) groups is 1. The second-order valence-corrected chi connectivity index (χ2v) is 7.91. The first-order valence-corrected chi connectivity index (χ1v) is 10.4. The van der Waals surface area contributed by atoms with Gasteiger partial charge in [0, 0.05) is 11.3 Å². The smallest absolute Gasteiger partial charge is 0.225 e. The SMILES string of the molecule is CCCCCCCCCCC(=O)Nc1sc2c(c1C#N)CCCC2. The second-order valence-electron chi connectivity index (χ2n) is 6.80. The minimum Gasteiger partial charge on any atom is -0.317 e. The molecule has 132 valence electrons. The summed E-state index contributed by atoms with van der Waals surface area (Å²) < 4.78 is 0. The third-order valence-electron chi connectivity index (χ3n) is 4.79. The molecular formula is C20H30N2OS. The van der Waals surface area contributed by atoms with Gasteiger partial charge in [-0.1, -0.05) is 51.9 Å². The highest BCUT2D eigenvalue weighted by molar-refractivity contribution is 7.16. The number of fused-ring (bicyclic) bond motifs is 1. The van der Waals surface area contributed by atoms with Gasteiger partial charge in [-0.2, -0.15) is 5.26 Å². The number of anilines is 1. The quantitative estimate of drug-likeness (QED) is 0.531. The van der Waals surface area contributed by atoms with Gasteiger partial charge in [0.25, 0.3) is 0 Å². The van der Waals surface area contributed by atoms with Gasteiger partial charge in [0.1, 0.15) is 11.1 Å². The Kier molecular flexibility index (Phi) is 8.32. The Hall–Kier alpha value is -1.34. The Morgan fingerprint density at radius 1 is 1.08 bits per heavy atom. The summed E-state index contributed by atoms with van der Waals surface area (Å²) >= 11 is 1.62. The standard InChI is InChI=1S/C20H30N2OS/c1-2-3-4-5-6-7-8-9-14-19(23)22-20-17(15-21)16-12-10-11-13-18(16)24-20/h2-14H2,1H3,(H,22,23). The first kappa shape index (κ1) is 19.0. The van der Waals surface area contributed by atoms with Crippen molar-refractivity contribution in [3.63, 3.8) is 0 Å². The summed E-state index contributed by atoms with van der Waals surface area (Å²) in [7, 11) is 0. The molecule has 0 aromatic carbocycles. The van der Waals surface area contributed by atoms with Crippen LogP contribution in [0.2, 0.25) is 0 Å². The monoisotopic (exact) mass is 346 g/mol. The number of hydrogen-bond acceptors (Lipinski definition) is 3. The predicted molar refractivity (Wildman–Crippen MR) is 102 cm³/mol. The van der Waals surface area contributed by atoms with Crippen LogP contribution in [0.15, 0.2) is 0 Å². The molecule has 0 fully saturated rings. The number of nitrogens with zero attached hydrogens (tertiary/aromatic N) is 1. The highest BCUT2D eigenvalue weighted by atomic mass is 32.1. The van der Waals surface area contributed by atoms with Crippen molar-refractivity contribution < 1.29 is 4.79 Å². The van der Waals surface area contributed by atoms with Gasteiger partial charge in [-0.15, -0.1) is 11.3 Å². The third kappa shape index (κ3) is 5.63. The van der Waals surface area contributed by atoms with Crippen molar-refractivity contribution in [2.75, 3.05) is 5.32 Å². The molecule has 1 aliphatic carbocycles. The van der Waals surface area contributed by atoms with E-state index >= 15 is 0 Å². The van der Waals surface area contributed by atoms with Crippen molar-refractivity contribution in [2.45, 2.75) is 90.4 Å². The van der Waals surface area contributed by atoms with E-state index in [2.05, 4.69) is 18.3 Å². The number of thiophene rings is 1. The number of rotatable bonds is 10. The zero-order valence-corrected chi connectivity index (χ0v) is 15.8. The average molecular weight is 347 g/mol. The zero-order chi connectivity index (χ0) is 17.2. The van der Waals surface area contributed by atoms with Crippen LogP contribution in [0.5, 0.6) is 0 Å². The average Bonchev–Trinajstić information content (AvgIpc) is 2.94. The Labute approximate surface area is 150 Å². The molecule has 0 radical (unpaired) electrons. The summed E-state index contributed by atoms with van der Waals surface area (Å²) in [6.45, 7) is 2.24. The van der Waals surface area contributed by atoms with Crippen LogP contribution in [0.3, 0.4) is 0 Å². The van der Waals surface area contributed by atoms with E-state index in [1.54, 1.807) is 11.3 Å². The molecule has 3 nitrogen and oxygen atoms in total. The summed E-state index contributed by atoms with van der Waals surface area (Å²) in [4.78, 5) is 13.5. The summed E-state index contributed by atoms with van der Waals surface area (Å²) in [6.07, 6.45) is 14.9. The molecule has 1 amide bonds. The van der Waals surface area contributed by atoms with E-state index in [0.29, 0.717) is 6.42 Å². The molecule has 0 spiro atoms. The number of nitrogens with one attached hydrogen (secondary N) is 1. The van der Waals surface area contributed by atoms with Crippen LogP contribution in [-0.4, -0.2) is 5.91 Å². The normalized spacial score (nSPS) is 13.3. The summed E-state index contributed by atoms with van der Waals surface area (Å²) in [5.41, 5.74) is 1.91. The third-order valence-corrected chi connectivity index (χ3v) is 6.00. The minimum absolute atomic E-state index is 0.0658. The molecule has 1 aliphatic rings. The number of amides is 1. The van der Waals surface area contributed by atoms with Crippen molar-refractivity contribution in [3.8, 4) is 6.07 Å². The topological polar surface area (TPSA) is 52.9 Å². The largest absolute Gasteiger partial charge is 0.317 e. The maximum absolute atomic E-state index is 12.2. The molecule has 4 heteroatoms. The first-order chi connectivity index (χ1) is 11.8. The summed E-state index contributed by atoms with van der Waals surface area (Å²) in [5, 5.41) is 13.2. The lowest BCUT2D eigenvalue weighted by Gasteiger charge is -2.09. The molecule has 0 saturated heterocycles. The van der Waals surface area contributed by atoms with Crippen molar-refractivity contribution in [2.24, 2.45) is 0 Å². The Balaban J connectivity index is 1.69. The van der Waals surface area contributed by atoms with Gasteiger partial charge in [-0.25, -0.2) is 0 Å². The van der Waals surface area contributed by atoms with Gasteiger partial charge in [-0.05, 0) is 37.7 Å². The number of unbranched alkanes of at least 4 members (excludes halogenated alkanes) is 7. The molecule has 2 rings (SSSR count). The van der Waals surface area contributed by atoms with E-state index in [4.69, 9.17) is 0 Å². The molecule has 1 aromatic rings.